The zero-order valence-electron chi connectivity index (χ0n) is 3.43. The number of hydrazine groups is 1. The smallest absolute Gasteiger partial charge is 0.127 e. The van der Waals surface area contributed by atoms with Crippen LogP contribution >= 0.6 is 11.9 Å². The van der Waals surface area contributed by atoms with Crippen molar-refractivity contribution in [2.75, 3.05) is 7.05 Å². The lowest BCUT2D eigenvalue weighted by Gasteiger charge is -1.87. The second-order valence-corrected chi connectivity index (χ2v) is 1.67. The molecule has 0 saturated carbocycles. The van der Waals surface area contributed by atoms with Crippen LogP contribution < -0.4 is 4.83 Å². The van der Waals surface area contributed by atoms with E-state index in [1.165, 1.54) is 11.9 Å². The van der Waals surface area contributed by atoms with Crippen LogP contribution in [-0.2, 0) is 0 Å². The molecular weight excluding hydrogens is 96.1 g/mol. The monoisotopic (exact) mass is 101 g/mol. The summed E-state index contributed by atoms with van der Waals surface area (Å²) in [5.74, 6) is 0. The van der Waals surface area contributed by atoms with Gasteiger partial charge >= 0.3 is 6.20 Å². The van der Waals surface area contributed by atoms with Gasteiger partial charge in [-0.05, 0) is 0 Å². The minimum absolute atomic E-state index is 1.52. The molecule has 0 unspecified atom stereocenters. The van der Waals surface area contributed by atoms with Crippen LogP contribution in [0.1, 0.15) is 0 Å². The summed E-state index contributed by atoms with van der Waals surface area (Å²) in [6.07, 6.45) is 2.88. The van der Waals surface area contributed by atoms with E-state index in [9.17, 15) is 0 Å². The molecule has 0 aromatic carbocycles. The molecule has 0 saturated heterocycles. The zero-order chi connectivity index (χ0) is 4.41. The van der Waals surface area contributed by atoms with Crippen LogP contribution in [0.15, 0.2) is 5.41 Å². The second kappa shape index (κ2) is 1.47. The highest BCUT2D eigenvalue weighted by molar-refractivity contribution is 8.00. The molecule has 0 aromatic heterocycles. The lowest BCUT2D eigenvalue weighted by molar-refractivity contribution is 0.425. The molecule has 0 amide bonds. The van der Waals surface area contributed by atoms with E-state index >= 15 is 0 Å². The number of hydrogen-bond acceptors (Lipinski definition) is 3. The highest BCUT2D eigenvalue weighted by Crippen LogP contribution is 2.02. The normalized spacial score (nSPS) is 18.5. The summed E-state index contributed by atoms with van der Waals surface area (Å²) < 4.78 is 0. The molecular formula is C3H5N2S+. The summed E-state index contributed by atoms with van der Waals surface area (Å²) in [4.78, 5) is 2.90. The van der Waals surface area contributed by atoms with E-state index in [2.05, 4.69) is 11.0 Å². The van der Waals surface area contributed by atoms with Crippen LogP contribution in [-0.4, -0.2) is 12.1 Å². The lowest BCUT2D eigenvalue weighted by atomic mass is 11.0. The fourth-order valence-corrected chi connectivity index (χ4v) is 0.712. The molecule has 0 atom stereocenters. The summed E-state index contributed by atoms with van der Waals surface area (Å²) >= 11 is 1.52. The van der Waals surface area contributed by atoms with E-state index in [1.54, 1.807) is 5.01 Å². The Morgan fingerprint density at radius 3 is 3.00 bits per heavy atom. The van der Waals surface area contributed by atoms with Crippen molar-refractivity contribution in [3.63, 3.8) is 0 Å². The van der Waals surface area contributed by atoms with Crippen LogP contribution in [0.25, 0.3) is 0 Å². The standard InChI is InChI=1S/C3H5N2S/c1-5-2-3-6-4-5/h3-4H,1H3/q+1. The number of nitrogens with one attached hydrogen (secondary N) is 1. The van der Waals surface area contributed by atoms with Crippen molar-refractivity contribution in [2.24, 2.45) is 0 Å². The van der Waals surface area contributed by atoms with Gasteiger partial charge in [-0.15, -0.1) is 4.83 Å². The maximum atomic E-state index is 2.90. The Hall–Kier alpha value is -0.240. The van der Waals surface area contributed by atoms with E-state index in [0.717, 1.165) is 0 Å². The average Bonchev–Trinajstić information content (AvgIpc) is 1.86. The Labute approximate surface area is 41.3 Å². The third-order valence-corrected chi connectivity index (χ3v) is 1.10. The Morgan fingerprint density at radius 2 is 2.83 bits per heavy atom. The summed E-state index contributed by atoms with van der Waals surface area (Å²) in [5.41, 5.74) is 0. The van der Waals surface area contributed by atoms with Crippen molar-refractivity contribution in [3.05, 3.63) is 11.6 Å². The topological polar surface area (TPSA) is 15.3 Å². The van der Waals surface area contributed by atoms with Crippen LogP contribution in [0.5, 0.6) is 0 Å². The van der Waals surface area contributed by atoms with Crippen LogP contribution in [0.3, 0.4) is 0 Å². The largest absolute Gasteiger partial charge is 0.396 e. The first-order valence-corrected chi connectivity index (χ1v) is 2.50. The molecule has 0 radical (unpaired) electrons. The summed E-state index contributed by atoms with van der Waals surface area (Å²) in [6, 6.07) is 0. The maximum absolute atomic E-state index is 2.90. The third kappa shape index (κ3) is 0.627. The first kappa shape index (κ1) is 3.93. The fourth-order valence-electron chi connectivity index (χ4n) is 0.237. The molecule has 32 valence electrons. The van der Waals surface area contributed by atoms with Crippen LogP contribution in [0, 0.1) is 6.20 Å². The van der Waals surface area contributed by atoms with Crippen molar-refractivity contribution in [3.8, 4) is 0 Å². The van der Waals surface area contributed by atoms with Gasteiger partial charge in [-0.3, -0.25) is 0 Å². The molecule has 0 aliphatic carbocycles. The SMILES string of the molecule is CN1[C+]=CSN1. The first-order valence-electron chi connectivity index (χ1n) is 1.62. The molecule has 0 fully saturated rings. The molecule has 1 aliphatic rings. The van der Waals surface area contributed by atoms with Crippen molar-refractivity contribution >= 4 is 11.9 Å². The van der Waals surface area contributed by atoms with E-state index < -0.39 is 0 Å². The second-order valence-electron chi connectivity index (χ2n) is 1.02. The molecule has 0 aromatic rings. The highest BCUT2D eigenvalue weighted by atomic mass is 32.2. The summed E-state index contributed by atoms with van der Waals surface area (Å²) in [6.45, 7) is 0. The first-order chi connectivity index (χ1) is 2.89. The van der Waals surface area contributed by atoms with Gasteiger partial charge < -0.3 is 0 Å². The number of nitrogens with zero attached hydrogens (tertiary/aromatic N) is 1. The number of hydrogen-bond donors (Lipinski definition) is 1. The molecule has 0 spiro atoms. The minimum Gasteiger partial charge on any atom is -0.127 e. The summed E-state index contributed by atoms with van der Waals surface area (Å²) in [5, 5.41) is 3.63. The summed E-state index contributed by atoms with van der Waals surface area (Å²) in [7, 11) is 1.90. The van der Waals surface area contributed by atoms with Crippen molar-refractivity contribution in [2.45, 2.75) is 0 Å². The predicted molar refractivity (Wildman–Crippen MR) is 26.3 cm³/mol. The van der Waals surface area contributed by atoms with E-state index in [-0.39, 0.29) is 0 Å². The molecule has 3 heteroatoms. The highest BCUT2D eigenvalue weighted by Gasteiger charge is 2.10. The fraction of sp³-hybridized carbons (Fsp3) is 0.333. The molecule has 1 N–H and O–H groups in total. The Balaban J connectivity index is 2.38. The maximum Gasteiger partial charge on any atom is 0.396 e. The molecule has 1 rings (SSSR count). The van der Waals surface area contributed by atoms with Crippen molar-refractivity contribution in [1.29, 1.82) is 0 Å². The van der Waals surface area contributed by atoms with Gasteiger partial charge in [-0.1, -0.05) is 5.01 Å². The molecule has 1 aliphatic heterocycles. The van der Waals surface area contributed by atoms with Gasteiger partial charge in [0.1, 0.15) is 0 Å². The lowest BCUT2D eigenvalue weighted by Crippen LogP contribution is -2.17. The van der Waals surface area contributed by atoms with Gasteiger partial charge in [-0.2, -0.15) is 0 Å². The van der Waals surface area contributed by atoms with Gasteiger partial charge in [0.15, 0.2) is 0 Å². The van der Waals surface area contributed by atoms with Gasteiger partial charge in [0.05, 0.1) is 7.05 Å². The van der Waals surface area contributed by atoms with Crippen molar-refractivity contribution in [1.82, 2.24) is 9.84 Å². The van der Waals surface area contributed by atoms with Gasteiger partial charge in [0.25, 0.3) is 5.41 Å². The third-order valence-electron chi connectivity index (χ3n) is 0.495. The zero-order valence-corrected chi connectivity index (χ0v) is 4.25. The van der Waals surface area contributed by atoms with Gasteiger partial charge in [-0.25, -0.2) is 0 Å². The Morgan fingerprint density at radius 1 is 2.00 bits per heavy atom. The number of rotatable bonds is 0. The van der Waals surface area contributed by atoms with Crippen molar-refractivity contribution < 1.29 is 0 Å². The average molecular weight is 101 g/mol. The van der Waals surface area contributed by atoms with Crippen LogP contribution in [0.4, 0.5) is 0 Å². The van der Waals surface area contributed by atoms with E-state index in [4.69, 9.17) is 0 Å². The van der Waals surface area contributed by atoms with Gasteiger partial charge in [0.2, 0.25) is 0 Å². The van der Waals surface area contributed by atoms with Crippen LogP contribution in [0.2, 0.25) is 0 Å². The molecule has 0 bridgehead atoms. The molecule has 6 heavy (non-hydrogen) atoms. The Bertz CT molecular complexity index is 71.2. The van der Waals surface area contributed by atoms with E-state index in [0.29, 0.717) is 0 Å². The Kier molecular flexibility index (Phi) is 0.965. The minimum atomic E-state index is 1.52. The van der Waals surface area contributed by atoms with Gasteiger partial charge in [0, 0.05) is 11.9 Å². The quantitative estimate of drug-likeness (QED) is 0.350. The molecule has 2 nitrogen and oxygen atoms in total. The predicted octanol–water partition coefficient (Wildman–Crippen LogP) is 0.359. The molecule has 1 heterocycles. The van der Waals surface area contributed by atoms with E-state index in [1.807, 2.05) is 12.5 Å².